The van der Waals surface area contributed by atoms with E-state index < -0.39 is 0 Å². The molecule has 0 amide bonds. The fourth-order valence-electron chi connectivity index (χ4n) is 1.24. The quantitative estimate of drug-likeness (QED) is 0.844. The molecule has 0 aliphatic carbocycles. The third-order valence-corrected chi connectivity index (χ3v) is 2.39. The van der Waals surface area contributed by atoms with E-state index in [9.17, 15) is 0 Å². The number of hydrogen-bond acceptors (Lipinski definition) is 3. The number of nitrogen functional groups attached to an aromatic ring is 1. The molecule has 4 nitrogen and oxygen atoms in total. The highest BCUT2D eigenvalue weighted by atomic mass is 79.9. The molecule has 1 aromatic heterocycles. The van der Waals surface area contributed by atoms with Gasteiger partial charge in [-0.3, -0.25) is 0 Å². The first-order chi connectivity index (χ1) is 6.66. The Labute approximate surface area is 89.9 Å². The summed E-state index contributed by atoms with van der Waals surface area (Å²) < 4.78 is 2.74. The van der Waals surface area contributed by atoms with E-state index in [1.807, 2.05) is 31.2 Å². The lowest BCUT2D eigenvalue weighted by Crippen LogP contribution is -1.99. The van der Waals surface area contributed by atoms with Crippen molar-refractivity contribution in [1.82, 2.24) is 14.8 Å². The molecule has 1 aromatic carbocycles. The third kappa shape index (κ3) is 1.63. The molecule has 1 heterocycles. The van der Waals surface area contributed by atoms with Crippen LogP contribution in [0, 0.1) is 6.92 Å². The minimum absolute atomic E-state index is 0.297. The van der Waals surface area contributed by atoms with Crippen molar-refractivity contribution in [2.45, 2.75) is 6.92 Å². The molecule has 0 unspecified atom stereocenters. The molecule has 0 saturated heterocycles. The van der Waals surface area contributed by atoms with E-state index in [0.717, 1.165) is 16.0 Å². The van der Waals surface area contributed by atoms with Gasteiger partial charge in [0.2, 0.25) is 5.95 Å². The van der Waals surface area contributed by atoms with Crippen molar-refractivity contribution in [3.63, 3.8) is 0 Å². The lowest BCUT2D eigenvalue weighted by molar-refractivity contribution is 0.843. The summed E-state index contributed by atoms with van der Waals surface area (Å²) in [6.45, 7) is 1.87. The van der Waals surface area contributed by atoms with Crippen LogP contribution in [-0.4, -0.2) is 14.8 Å². The minimum atomic E-state index is 0.297. The first-order valence-corrected chi connectivity index (χ1v) is 4.91. The molecule has 0 saturated carbocycles. The van der Waals surface area contributed by atoms with Crippen LogP contribution in [0.1, 0.15) is 5.82 Å². The van der Waals surface area contributed by atoms with Crippen LogP contribution >= 0.6 is 15.9 Å². The van der Waals surface area contributed by atoms with E-state index >= 15 is 0 Å². The van der Waals surface area contributed by atoms with E-state index in [1.54, 1.807) is 4.68 Å². The van der Waals surface area contributed by atoms with Gasteiger partial charge in [0.15, 0.2) is 0 Å². The van der Waals surface area contributed by atoms with Crippen molar-refractivity contribution in [3.05, 3.63) is 34.6 Å². The largest absolute Gasteiger partial charge is 0.366 e. The smallest absolute Gasteiger partial charge is 0.240 e. The Morgan fingerprint density at radius 1 is 1.29 bits per heavy atom. The van der Waals surface area contributed by atoms with Crippen molar-refractivity contribution in [2.24, 2.45) is 0 Å². The summed E-state index contributed by atoms with van der Waals surface area (Å²) in [6, 6.07) is 7.80. The predicted octanol–water partition coefficient (Wildman–Crippen LogP) is 1.92. The molecular weight excluding hydrogens is 244 g/mol. The summed E-state index contributed by atoms with van der Waals surface area (Å²) in [5, 5.41) is 4.08. The van der Waals surface area contributed by atoms with Gasteiger partial charge in [-0.05, 0) is 31.2 Å². The van der Waals surface area contributed by atoms with E-state index in [4.69, 9.17) is 5.73 Å². The zero-order valence-corrected chi connectivity index (χ0v) is 9.19. The van der Waals surface area contributed by atoms with Crippen molar-refractivity contribution < 1.29 is 0 Å². The number of benzene rings is 1. The van der Waals surface area contributed by atoms with Gasteiger partial charge in [0.1, 0.15) is 5.82 Å². The van der Waals surface area contributed by atoms with Gasteiger partial charge in [-0.25, -0.2) is 4.68 Å². The zero-order chi connectivity index (χ0) is 10.1. The molecule has 2 aromatic rings. The van der Waals surface area contributed by atoms with Gasteiger partial charge in [0, 0.05) is 4.47 Å². The SMILES string of the molecule is Cc1nc(N)nn1-c1ccc(Br)cc1. The topological polar surface area (TPSA) is 56.7 Å². The molecule has 14 heavy (non-hydrogen) atoms. The average Bonchev–Trinajstić information content (AvgIpc) is 2.47. The standard InChI is InChI=1S/C9H9BrN4/c1-6-12-9(11)13-14(6)8-4-2-7(10)3-5-8/h2-5H,1H3,(H2,11,13). The van der Waals surface area contributed by atoms with Crippen LogP contribution in [0.3, 0.4) is 0 Å². The molecule has 5 heteroatoms. The normalized spacial score (nSPS) is 10.4. The highest BCUT2D eigenvalue weighted by molar-refractivity contribution is 9.10. The van der Waals surface area contributed by atoms with Gasteiger partial charge in [0.05, 0.1) is 5.69 Å². The number of aromatic nitrogens is 3. The van der Waals surface area contributed by atoms with Gasteiger partial charge in [-0.15, -0.1) is 5.10 Å². The van der Waals surface area contributed by atoms with Crippen LogP contribution in [0.5, 0.6) is 0 Å². The van der Waals surface area contributed by atoms with Crippen molar-refractivity contribution >= 4 is 21.9 Å². The van der Waals surface area contributed by atoms with E-state index in [2.05, 4.69) is 26.0 Å². The molecule has 0 fully saturated rings. The fourth-order valence-corrected chi connectivity index (χ4v) is 1.50. The van der Waals surface area contributed by atoms with Crippen LogP contribution < -0.4 is 5.73 Å². The number of aryl methyl sites for hydroxylation is 1. The molecule has 0 spiro atoms. The maximum atomic E-state index is 5.49. The summed E-state index contributed by atoms with van der Waals surface area (Å²) in [5.74, 6) is 1.08. The Morgan fingerprint density at radius 3 is 2.43 bits per heavy atom. The van der Waals surface area contributed by atoms with Gasteiger partial charge in [-0.1, -0.05) is 15.9 Å². The second kappa shape index (κ2) is 3.42. The van der Waals surface area contributed by atoms with Crippen molar-refractivity contribution in [2.75, 3.05) is 5.73 Å². The number of nitrogens with two attached hydrogens (primary N) is 1. The first kappa shape index (κ1) is 9.21. The Balaban J connectivity index is 2.49. The van der Waals surface area contributed by atoms with Crippen LogP contribution in [0.15, 0.2) is 28.7 Å². The minimum Gasteiger partial charge on any atom is -0.366 e. The maximum Gasteiger partial charge on any atom is 0.240 e. The van der Waals surface area contributed by atoms with Gasteiger partial charge >= 0.3 is 0 Å². The van der Waals surface area contributed by atoms with E-state index in [-0.39, 0.29) is 0 Å². The Morgan fingerprint density at radius 2 is 1.93 bits per heavy atom. The van der Waals surface area contributed by atoms with Gasteiger partial charge in [0.25, 0.3) is 0 Å². The van der Waals surface area contributed by atoms with Crippen molar-refractivity contribution in [1.29, 1.82) is 0 Å². The Bertz CT molecular complexity index is 446. The molecule has 0 aliphatic heterocycles. The van der Waals surface area contributed by atoms with Crippen LogP contribution in [0.4, 0.5) is 5.95 Å². The van der Waals surface area contributed by atoms with Gasteiger partial charge < -0.3 is 5.73 Å². The average molecular weight is 253 g/mol. The van der Waals surface area contributed by atoms with Crippen molar-refractivity contribution in [3.8, 4) is 5.69 Å². The number of hydrogen-bond donors (Lipinski definition) is 1. The van der Waals surface area contributed by atoms with E-state index in [0.29, 0.717) is 5.95 Å². The number of halogens is 1. The monoisotopic (exact) mass is 252 g/mol. The molecule has 0 aliphatic rings. The number of anilines is 1. The Hall–Kier alpha value is -1.36. The van der Waals surface area contributed by atoms with Crippen LogP contribution in [0.2, 0.25) is 0 Å². The van der Waals surface area contributed by atoms with Crippen LogP contribution in [0.25, 0.3) is 5.69 Å². The Kier molecular flexibility index (Phi) is 2.25. The zero-order valence-electron chi connectivity index (χ0n) is 7.61. The lowest BCUT2D eigenvalue weighted by Gasteiger charge is -2.01. The van der Waals surface area contributed by atoms with Crippen LogP contribution in [-0.2, 0) is 0 Å². The second-order valence-electron chi connectivity index (χ2n) is 2.91. The lowest BCUT2D eigenvalue weighted by atomic mass is 10.3. The maximum absolute atomic E-state index is 5.49. The first-order valence-electron chi connectivity index (χ1n) is 4.12. The summed E-state index contributed by atoms with van der Waals surface area (Å²) in [5.41, 5.74) is 6.45. The van der Waals surface area contributed by atoms with Gasteiger partial charge in [-0.2, -0.15) is 4.98 Å². The summed E-state index contributed by atoms with van der Waals surface area (Å²) >= 11 is 3.37. The summed E-state index contributed by atoms with van der Waals surface area (Å²) in [4.78, 5) is 4.03. The molecule has 0 bridgehead atoms. The number of rotatable bonds is 1. The fraction of sp³-hybridized carbons (Fsp3) is 0.111. The predicted molar refractivity (Wildman–Crippen MR) is 58.2 cm³/mol. The molecule has 2 N–H and O–H groups in total. The second-order valence-corrected chi connectivity index (χ2v) is 3.82. The molecule has 0 atom stereocenters. The molecule has 2 rings (SSSR count). The molecule has 0 radical (unpaired) electrons. The molecular formula is C9H9BrN4. The van der Waals surface area contributed by atoms with E-state index in [1.165, 1.54) is 0 Å². The highest BCUT2D eigenvalue weighted by Crippen LogP contribution is 2.14. The third-order valence-electron chi connectivity index (χ3n) is 1.86. The summed E-state index contributed by atoms with van der Waals surface area (Å²) in [6.07, 6.45) is 0. The number of nitrogens with zero attached hydrogens (tertiary/aromatic N) is 3. The summed E-state index contributed by atoms with van der Waals surface area (Å²) in [7, 11) is 0. The molecule has 72 valence electrons. The highest BCUT2D eigenvalue weighted by Gasteiger charge is 2.04.